The molecule has 2 aromatic rings. The van der Waals surface area contributed by atoms with Crippen LogP contribution in [0.3, 0.4) is 0 Å². The quantitative estimate of drug-likeness (QED) is 0.217. The smallest absolute Gasteiger partial charge is 0.167 e. The highest BCUT2D eigenvalue weighted by molar-refractivity contribution is 6.04. The summed E-state index contributed by atoms with van der Waals surface area (Å²) in [7, 11) is 0. The number of hydrazine groups is 1. The summed E-state index contributed by atoms with van der Waals surface area (Å²) in [6.07, 6.45) is 6.89. The van der Waals surface area contributed by atoms with Crippen LogP contribution in [0.1, 0.15) is 70.4 Å². The second kappa shape index (κ2) is 11.1. The van der Waals surface area contributed by atoms with Crippen molar-refractivity contribution < 1.29 is 0 Å². The molecule has 1 heterocycles. The van der Waals surface area contributed by atoms with Gasteiger partial charge in [-0.3, -0.25) is 4.99 Å². The number of unbranched alkanes of at least 4 members (excludes halogenated alkanes) is 1. The fourth-order valence-electron chi connectivity index (χ4n) is 4.63. The molecule has 1 unspecified atom stereocenters. The third-order valence-corrected chi connectivity index (χ3v) is 6.43. The van der Waals surface area contributed by atoms with Gasteiger partial charge in [0.2, 0.25) is 0 Å². The van der Waals surface area contributed by atoms with Crippen molar-refractivity contribution in [2.24, 2.45) is 21.8 Å². The SMILES string of the molecule is CCCCC1=NC(CC)(CCC)CN1Cc1ccc(-c2ccccc2/C(=N/N)NN)cc1. The van der Waals surface area contributed by atoms with Gasteiger partial charge in [-0.2, -0.15) is 5.10 Å². The average molecular weight is 435 g/mol. The first-order valence-corrected chi connectivity index (χ1v) is 11.9. The van der Waals surface area contributed by atoms with Crippen molar-refractivity contribution in [3.63, 3.8) is 0 Å². The largest absolute Gasteiger partial charge is 0.354 e. The molecule has 1 atom stereocenters. The molecule has 6 nitrogen and oxygen atoms in total. The predicted octanol–water partition coefficient (Wildman–Crippen LogP) is 4.79. The highest BCUT2D eigenvalue weighted by Crippen LogP contribution is 2.32. The van der Waals surface area contributed by atoms with E-state index >= 15 is 0 Å². The highest BCUT2D eigenvalue weighted by Gasteiger charge is 2.36. The van der Waals surface area contributed by atoms with Gasteiger partial charge in [0, 0.05) is 25.1 Å². The number of nitrogens with one attached hydrogen (secondary N) is 1. The molecule has 32 heavy (non-hydrogen) atoms. The van der Waals surface area contributed by atoms with Crippen LogP contribution >= 0.6 is 0 Å². The summed E-state index contributed by atoms with van der Waals surface area (Å²) in [4.78, 5) is 7.77. The van der Waals surface area contributed by atoms with E-state index in [1.165, 1.54) is 30.7 Å². The van der Waals surface area contributed by atoms with E-state index in [0.29, 0.717) is 5.84 Å². The summed E-state index contributed by atoms with van der Waals surface area (Å²) in [5.74, 6) is 12.9. The van der Waals surface area contributed by atoms with Crippen LogP contribution in [0.4, 0.5) is 0 Å². The third kappa shape index (κ3) is 5.30. The van der Waals surface area contributed by atoms with Crippen molar-refractivity contribution in [2.75, 3.05) is 6.54 Å². The zero-order chi connectivity index (χ0) is 23.0. The van der Waals surface area contributed by atoms with Crippen LogP contribution in [-0.4, -0.2) is 28.7 Å². The lowest BCUT2D eigenvalue weighted by Gasteiger charge is -2.27. The fraction of sp³-hybridized carbons (Fsp3) is 0.462. The van der Waals surface area contributed by atoms with E-state index in [2.05, 4.69) is 66.5 Å². The standard InChI is InChI=1S/C26H38N6/c1-4-7-12-24-29-26(6-3,17-5-2)19-32(24)18-20-13-15-21(16-14-20)22-10-8-9-11-23(22)25(30-27)31-28/h8-11,13-16H,4-7,12,17-19,27-28H2,1-3H3,(H,30,31). The molecule has 1 aliphatic heterocycles. The van der Waals surface area contributed by atoms with E-state index in [9.17, 15) is 0 Å². The van der Waals surface area contributed by atoms with Crippen molar-refractivity contribution in [3.8, 4) is 11.1 Å². The van der Waals surface area contributed by atoms with Crippen molar-refractivity contribution in [3.05, 3.63) is 59.7 Å². The second-order valence-corrected chi connectivity index (χ2v) is 8.68. The topological polar surface area (TPSA) is 92.0 Å². The van der Waals surface area contributed by atoms with Crippen LogP contribution in [0.5, 0.6) is 0 Å². The minimum absolute atomic E-state index is 0.0872. The lowest BCUT2D eigenvalue weighted by molar-refractivity contribution is 0.306. The summed E-state index contributed by atoms with van der Waals surface area (Å²) in [6.45, 7) is 8.71. The van der Waals surface area contributed by atoms with Gasteiger partial charge in [-0.05, 0) is 36.0 Å². The maximum Gasteiger partial charge on any atom is 0.167 e. The summed E-state index contributed by atoms with van der Waals surface area (Å²) in [5, 5.41) is 3.78. The fourth-order valence-corrected chi connectivity index (χ4v) is 4.63. The maximum absolute atomic E-state index is 5.60. The molecule has 0 radical (unpaired) electrons. The van der Waals surface area contributed by atoms with Gasteiger partial charge < -0.3 is 16.2 Å². The lowest BCUT2D eigenvalue weighted by Crippen LogP contribution is -2.35. The van der Waals surface area contributed by atoms with E-state index in [0.717, 1.165) is 49.0 Å². The van der Waals surface area contributed by atoms with Crippen molar-refractivity contribution in [1.29, 1.82) is 0 Å². The molecule has 0 saturated heterocycles. The number of rotatable bonds is 10. The average Bonchev–Trinajstić information content (AvgIpc) is 3.17. The van der Waals surface area contributed by atoms with E-state index in [1.54, 1.807) is 0 Å². The van der Waals surface area contributed by atoms with E-state index in [4.69, 9.17) is 16.7 Å². The maximum atomic E-state index is 5.60. The summed E-state index contributed by atoms with van der Waals surface area (Å²) < 4.78 is 0. The molecule has 0 aliphatic carbocycles. The van der Waals surface area contributed by atoms with E-state index < -0.39 is 0 Å². The van der Waals surface area contributed by atoms with Crippen molar-refractivity contribution in [2.45, 2.75) is 71.4 Å². The predicted molar refractivity (Wildman–Crippen MR) is 135 cm³/mol. The Morgan fingerprint density at radius 3 is 2.47 bits per heavy atom. The van der Waals surface area contributed by atoms with Gasteiger partial charge in [0.15, 0.2) is 5.84 Å². The van der Waals surface area contributed by atoms with E-state index in [-0.39, 0.29) is 5.54 Å². The van der Waals surface area contributed by atoms with Crippen molar-refractivity contribution >= 4 is 11.7 Å². The number of benzene rings is 2. The van der Waals surface area contributed by atoms with Crippen LogP contribution in [0, 0.1) is 0 Å². The molecule has 3 rings (SSSR count). The molecule has 1 aliphatic rings. The zero-order valence-electron chi connectivity index (χ0n) is 19.8. The normalized spacial score (nSPS) is 18.7. The van der Waals surface area contributed by atoms with Gasteiger partial charge in [0.05, 0.1) is 5.54 Å². The number of amidine groups is 2. The van der Waals surface area contributed by atoms with Gasteiger partial charge in [0.1, 0.15) is 5.84 Å². The first-order chi connectivity index (χ1) is 15.6. The lowest BCUT2D eigenvalue weighted by atomic mass is 9.92. The number of hydrogen-bond donors (Lipinski definition) is 3. The Morgan fingerprint density at radius 2 is 1.84 bits per heavy atom. The van der Waals surface area contributed by atoms with Crippen LogP contribution in [0.2, 0.25) is 0 Å². The molecular formula is C26H38N6. The number of nitrogens with two attached hydrogens (primary N) is 2. The Kier molecular flexibility index (Phi) is 8.28. The Balaban J connectivity index is 1.81. The minimum Gasteiger partial charge on any atom is -0.354 e. The third-order valence-electron chi connectivity index (χ3n) is 6.43. The number of hydrogen-bond acceptors (Lipinski definition) is 5. The number of nitrogens with zero attached hydrogens (tertiary/aromatic N) is 3. The van der Waals surface area contributed by atoms with Crippen LogP contribution in [0.15, 0.2) is 58.6 Å². The molecule has 0 aromatic heterocycles. The van der Waals surface area contributed by atoms with Gasteiger partial charge in [-0.1, -0.05) is 82.1 Å². The number of hydrazone groups is 1. The van der Waals surface area contributed by atoms with Crippen molar-refractivity contribution in [1.82, 2.24) is 10.3 Å². The van der Waals surface area contributed by atoms with Crippen LogP contribution in [0.25, 0.3) is 11.1 Å². The molecular weight excluding hydrogens is 396 g/mol. The molecule has 0 bridgehead atoms. The number of aliphatic imine (C=N–C) groups is 1. The minimum atomic E-state index is 0.0872. The first-order valence-electron chi connectivity index (χ1n) is 11.9. The Labute approximate surface area is 192 Å². The van der Waals surface area contributed by atoms with Gasteiger partial charge >= 0.3 is 0 Å². The Morgan fingerprint density at radius 1 is 1.09 bits per heavy atom. The Hall–Kier alpha value is -2.86. The van der Waals surface area contributed by atoms with Crippen LogP contribution in [-0.2, 0) is 6.54 Å². The Bertz CT molecular complexity index is 934. The molecule has 0 amide bonds. The second-order valence-electron chi connectivity index (χ2n) is 8.68. The van der Waals surface area contributed by atoms with Crippen LogP contribution < -0.4 is 17.1 Å². The molecule has 6 heteroatoms. The van der Waals surface area contributed by atoms with Gasteiger partial charge in [-0.25, -0.2) is 5.84 Å². The monoisotopic (exact) mass is 434 g/mol. The molecule has 2 aromatic carbocycles. The molecule has 0 saturated carbocycles. The summed E-state index contributed by atoms with van der Waals surface area (Å²) >= 11 is 0. The molecule has 0 spiro atoms. The van der Waals surface area contributed by atoms with Gasteiger partial charge in [0.25, 0.3) is 0 Å². The molecule has 172 valence electrons. The summed E-state index contributed by atoms with van der Waals surface area (Å²) in [5.41, 5.74) is 7.00. The summed E-state index contributed by atoms with van der Waals surface area (Å²) in [6, 6.07) is 16.7. The first kappa shape index (κ1) is 23.8. The molecule has 0 fully saturated rings. The zero-order valence-corrected chi connectivity index (χ0v) is 19.8. The van der Waals surface area contributed by atoms with E-state index in [1.807, 2.05) is 18.2 Å². The highest BCUT2D eigenvalue weighted by atomic mass is 15.3. The molecule has 5 N–H and O–H groups in total. The van der Waals surface area contributed by atoms with Gasteiger partial charge in [-0.15, -0.1) is 0 Å².